The van der Waals surface area contributed by atoms with Gasteiger partial charge in [0.1, 0.15) is 34.4 Å². The van der Waals surface area contributed by atoms with E-state index in [-0.39, 0.29) is 0 Å². The number of furan rings is 2. The number of benzene rings is 2. The van der Waals surface area contributed by atoms with Crippen molar-refractivity contribution in [2.24, 2.45) is 9.98 Å². The van der Waals surface area contributed by atoms with E-state index in [9.17, 15) is 0 Å². The topological polar surface area (TPSA) is 75.1 Å². The van der Waals surface area contributed by atoms with Crippen LogP contribution in [-0.2, 0) is 0 Å². The van der Waals surface area contributed by atoms with E-state index in [0.717, 1.165) is 82.4 Å². The Labute approximate surface area is 173 Å². The monoisotopic (exact) mass is 396 g/mol. The summed E-state index contributed by atoms with van der Waals surface area (Å²) in [6.45, 7) is 3.44. The lowest BCUT2D eigenvalue weighted by molar-refractivity contribution is 0.599. The Morgan fingerprint density at radius 2 is 1.30 bits per heavy atom. The first kappa shape index (κ1) is 17.1. The molecule has 2 aromatic heterocycles. The molecule has 0 amide bonds. The first-order valence-corrected chi connectivity index (χ1v) is 10.1. The van der Waals surface area contributed by atoms with Crippen molar-refractivity contribution in [2.45, 2.75) is 0 Å². The second kappa shape index (κ2) is 6.91. The minimum Gasteiger partial charge on any atom is -0.457 e. The Balaban J connectivity index is 1.27. The summed E-state index contributed by atoms with van der Waals surface area (Å²) in [5.41, 5.74) is 3.85. The van der Waals surface area contributed by atoms with E-state index in [1.54, 1.807) is 0 Å². The highest BCUT2D eigenvalue weighted by atomic mass is 16.3. The molecular weight excluding hydrogens is 376 g/mol. The van der Waals surface area contributed by atoms with Crippen LogP contribution in [0.25, 0.3) is 34.1 Å². The highest BCUT2D eigenvalue weighted by Crippen LogP contribution is 2.25. The van der Waals surface area contributed by atoms with Crippen molar-refractivity contribution in [2.75, 3.05) is 26.2 Å². The number of fused-ring (bicyclic) bond motifs is 2. The van der Waals surface area contributed by atoms with E-state index in [2.05, 4.69) is 38.8 Å². The third kappa shape index (κ3) is 3.06. The molecule has 30 heavy (non-hydrogen) atoms. The maximum Gasteiger partial charge on any atom is 0.135 e. The summed E-state index contributed by atoms with van der Waals surface area (Å²) in [4.78, 5) is 8.96. The summed E-state index contributed by atoms with van der Waals surface area (Å²) in [7, 11) is 0. The third-order valence-electron chi connectivity index (χ3n) is 5.38. The molecule has 0 aliphatic carbocycles. The highest BCUT2D eigenvalue weighted by Gasteiger charge is 2.12. The highest BCUT2D eigenvalue weighted by molar-refractivity contribution is 6.03. The lowest BCUT2D eigenvalue weighted by Gasteiger charge is -2.01. The van der Waals surface area contributed by atoms with Crippen molar-refractivity contribution in [3.8, 4) is 0 Å². The molecule has 2 aliphatic rings. The van der Waals surface area contributed by atoms with Gasteiger partial charge in [-0.1, -0.05) is 12.1 Å². The number of amidine groups is 2. The summed E-state index contributed by atoms with van der Waals surface area (Å²) in [5.74, 6) is 3.46. The predicted molar refractivity (Wildman–Crippen MR) is 120 cm³/mol. The van der Waals surface area contributed by atoms with Crippen LogP contribution in [0.5, 0.6) is 0 Å². The average molecular weight is 396 g/mol. The fraction of sp³-hybridized carbons (Fsp3) is 0.167. The molecule has 6 nitrogen and oxygen atoms in total. The molecule has 0 unspecified atom stereocenters. The molecule has 0 bridgehead atoms. The van der Waals surface area contributed by atoms with E-state index in [4.69, 9.17) is 8.83 Å². The zero-order valence-corrected chi connectivity index (χ0v) is 16.3. The van der Waals surface area contributed by atoms with Crippen LogP contribution in [0, 0.1) is 0 Å². The molecule has 4 heterocycles. The van der Waals surface area contributed by atoms with Crippen molar-refractivity contribution in [3.63, 3.8) is 0 Å². The van der Waals surface area contributed by atoms with E-state index in [0.29, 0.717) is 0 Å². The maximum atomic E-state index is 6.02. The van der Waals surface area contributed by atoms with Gasteiger partial charge < -0.3 is 19.5 Å². The molecule has 0 fully saturated rings. The first-order chi connectivity index (χ1) is 14.8. The van der Waals surface area contributed by atoms with Crippen LogP contribution >= 0.6 is 0 Å². The van der Waals surface area contributed by atoms with Gasteiger partial charge in [0.05, 0.1) is 13.1 Å². The lowest BCUT2D eigenvalue weighted by Crippen LogP contribution is -2.19. The number of aliphatic imine (C=N–C) groups is 2. The van der Waals surface area contributed by atoms with Gasteiger partial charge in [0, 0.05) is 35.0 Å². The van der Waals surface area contributed by atoms with Gasteiger partial charge in [-0.25, -0.2) is 0 Å². The van der Waals surface area contributed by atoms with Gasteiger partial charge >= 0.3 is 0 Å². The van der Waals surface area contributed by atoms with Gasteiger partial charge in [0.2, 0.25) is 0 Å². The second-order valence-corrected chi connectivity index (χ2v) is 7.45. The van der Waals surface area contributed by atoms with E-state index in [1.165, 1.54) is 0 Å². The van der Waals surface area contributed by atoms with Gasteiger partial charge in [-0.05, 0) is 48.6 Å². The van der Waals surface area contributed by atoms with Gasteiger partial charge in [-0.15, -0.1) is 0 Å². The Kier molecular flexibility index (Phi) is 3.94. The first-order valence-electron chi connectivity index (χ1n) is 10.1. The van der Waals surface area contributed by atoms with Gasteiger partial charge in [-0.3, -0.25) is 9.98 Å². The lowest BCUT2D eigenvalue weighted by atomic mass is 10.1. The van der Waals surface area contributed by atoms with Gasteiger partial charge in [0.25, 0.3) is 0 Å². The van der Waals surface area contributed by atoms with Crippen molar-refractivity contribution in [3.05, 3.63) is 71.2 Å². The van der Waals surface area contributed by atoms with Crippen LogP contribution in [0.2, 0.25) is 0 Å². The minimum absolute atomic E-state index is 0.786. The Bertz CT molecular complexity index is 1250. The zero-order chi connectivity index (χ0) is 19.9. The molecule has 6 rings (SSSR count). The molecule has 6 heteroatoms. The molecule has 0 saturated heterocycles. The Morgan fingerprint density at radius 1 is 0.667 bits per heavy atom. The Hall–Kier alpha value is -3.80. The maximum absolute atomic E-state index is 6.02. The SMILES string of the molecule is C(=C\c1cc2ccc(C3=NCCN3)cc2o1)/c1cc2cc(C3=NCCN3)ccc2o1. The molecule has 0 saturated carbocycles. The molecule has 0 radical (unpaired) electrons. The summed E-state index contributed by atoms with van der Waals surface area (Å²) in [5, 5.41) is 8.73. The quantitative estimate of drug-likeness (QED) is 0.546. The van der Waals surface area contributed by atoms with Gasteiger partial charge in [-0.2, -0.15) is 0 Å². The summed E-state index contributed by atoms with van der Waals surface area (Å²) >= 11 is 0. The normalized spacial score (nSPS) is 16.3. The molecule has 0 atom stereocenters. The number of nitrogens with one attached hydrogen (secondary N) is 2. The van der Waals surface area contributed by atoms with E-state index >= 15 is 0 Å². The minimum atomic E-state index is 0.786. The number of hydrogen-bond donors (Lipinski definition) is 2. The van der Waals surface area contributed by atoms with Crippen molar-refractivity contribution < 1.29 is 8.83 Å². The standard InChI is InChI=1S/C24H20N4O2/c1-2-17(24-27-9-10-28-24)14-22-15(1)12-19(30-22)4-5-20-13-18-11-16(3-6-21(18)29-20)23-25-7-8-26-23/h1-6,11-14H,7-10H2,(H,25,26)(H,27,28)/b5-4+. The molecule has 4 aromatic rings. The summed E-state index contributed by atoms with van der Waals surface area (Å²) in [6, 6.07) is 16.4. The fourth-order valence-corrected chi connectivity index (χ4v) is 3.92. The molecular formula is C24H20N4O2. The predicted octanol–water partition coefficient (Wildman–Crippen LogP) is 4.05. The van der Waals surface area contributed by atoms with Gasteiger partial charge in [0.15, 0.2) is 0 Å². The van der Waals surface area contributed by atoms with Crippen LogP contribution in [0.1, 0.15) is 22.6 Å². The molecule has 0 spiro atoms. The van der Waals surface area contributed by atoms with Crippen LogP contribution in [-0.4, -0.2) is 37.9 Å². The zero-order valence-electron chi connectivity index (χ0n) is 16.3. The number of hydrogen-bond acceptors (Lipinski definition) is 6. The number of rotatable bonds is 4. The number of nitrogens with zero attached hydrogens (tertiary/aromatic N) is 2. The Morgan fingerprint density at radius 3 is 2.00 bits per heavy atom. The van der Waals surface area contributed by atoms with E-state index in [1.807, 2.05) is 42.5 Å². The van der Waals surface area contributed by atoms with Crippen LogP contribution < -0.4 is 10.6 Å². The van der Waals surface area contributed by atoms with Crippen LogP contribution in [0.15, 0.2) is 67.4 Å². The second-order valence-electron chi connectivity index (χ2n) is 7.45. The summed E-state index contributed by atoms with van der Waals surface area (Å²) < 4.78 is 12.0. The van der Waals surface area contributed by atoms with Crippen LogP contribution in [0.3, 0.4) is 0 Å². The third-order valence-corrected chi connectivity index (χ3v) is 5.38. The molecule has 2 N–H and O–H groups in total. The molecule has 148 valence electrons. The van der Waals surface area contributed by atoms with Crippen LogP contribution in [0.4, 0.5) is 0 Å². The molecule has 2 aliphatic heterocycles. The van der Waals surface area contributed by atoms with Crippen molar-refractivity contribution in [1.82, 2.24) is 10.6 Å². The smallest absolute Gasteiger partial charge is 0.135 e. The van der Waals surface area contributed by atoms with Crippen molar-refractivity contribution >= 4 is 45.8 Å². The largest absolute Gasteiger partial charge is 0.457 e. The van der Waals surface area contributed by atoms with Crippen molar-refractivity contribution in [1.29, 1.82) is 0 Å². The summed E-state index contributed by atoms with van der Waals surface area (Å²) in [6.07, 6.45) is 3.87. The van der Waals surface area contributed by atoms with E-state index < -0.39 is 0 Å². The average Bonchev–Trinajstić information content (AvgIpc) is 3.56. The molecule has 2 aromatic carbocycles. The fourth-order valence-electron chi connectivity index (χ4n) is 3.92.